The van der Waals surface area contributed by atoms with Crippen molar-refractivity contribution < 1.29 is 9.18 Å². The van der Waals surface area contributed by atoms with Gasteiger partial charge in [0.25, 0.3) is 11.5 Å². The Labute approximate surface area is 185 Å². The van der Waals surface area contributed by atoms with Crippen molar-refractivity contribution in [1.82, 2.24) is 24.8 Å². The third-order valence-corrected chi connectivity index (χ3v) is 6.04. The molecule has 0 unspecified atom stereocenters. The number of hydrogen-bond acceptors (Lipinski definition) is 5. The Morgan fingerprint density at radius 1 is 1.16 bits per heavy atom. The Balaban J connectivity index is 1.44. The van der Waals surface area contributed by atoms with Crippen LogP contribution in [0, 0.1) is 5.82 Å². The minimum atomic E-state index is -0.629. The Bertz CT molecular complexity index is 1510. The summed E-state index contributed by atoms with van der Waals surface area (Å²) >= 11 is 1.44. The molecule has 2 N–H and O–H groups in total. The van der Waals surface area contributed by atoms with E-state index in [1.54, 1.807) is 19.3 Å². The second kappa shape index (κ2) is 8.01. The van der Waals surface area contributed by atoms with E-state index in [1.807, 2.05) is 29.0 Å². The van der Waals surface area contributed by atoms with Crippen LogP contribution >= 0.6 is 11.3 Å². The van der Waals surface area contributed by atoms with Crippen LogP contribution in [0.4, 0.5) is 4.39 Å². The molecule has 7 nitrogen and oxygen atoms in total. The van der Waals surface area contributed by atoms with Gasteiger partial charge in [-0.25, -0.2) is 9.37 Å². The number of nitrogens with zero attached hydrogens (tertiary/aromatic N) is 3. The summed E-state index contributed by atoms with van der Waals surface area (Å²) in [5.41, 5.74) is 3.01. The first-order chi connectivity index (χ1) is 15.5. The number of aromatic nitrogens is 4. The lowest BCUT2D eigenvalue weighted by Gasteiger charge is -2.17. The van der Waals surface area contributed by atoms with Crippen LogP contribution in [0.15, 0.2) is 58.1 Å². The molecule has 32 heavy (non-hydrogen) atoms. The van der Waals surface area contributed by atoms with Crippen molar-refractivity contribution in [3.8, 4) is 11.4 Å². The highest BCUT2D eigenvalue weighted by Gasteiger charge is 2.19. The predicted molar refractivity (Wildman–Crippen MR) is 122 cm³/mol. The number of likely N-dealkylation sites (N-methyl/N-ethyl adjacent to an activating group) is 1. The van der Waals surface area contributed by atoms with Gasteiger partial charge in [0.15, 0.2) is 5.69 Å². The molecular formula is C23H18FN5O2S. The molecular weight excluding hydrogens is 429 g/mol. The van der Waals surface area contributed by atoms with E-state index in [-0.39, 0.29) is 16.8 Å². The maximum Gasteiger partial charge on any atom is 0.276 e. The van der Waals surface area contributed by atoms with Crippen molar-refractivity contribution in [3.05, 3.63) is 80.8 Å². The second-order valence-electron chi connectivity index (χ2n) is 7.49. The molecule has 0 aliphatic heterocycles. The van der Waals surface area contributed by atoms with E-state index in [2.05, 4.69) is 19.9 Å². The highest BCUT2D eigenvalue weighted by Crippen LogP contribution is 2.26. The largest absolute Gasteiger partial charge is 0.353 e. The number of aromatic amines is 2. The normalized spacial score (nSPS) is 11.3. The lowest BCUT2D eigenvalue weighted by atomic mass is 10.1. The number of benzene rings is 1. The molecule has 0 aliphatic rings. The number of H-pyrrole nitrogens is 2. The molecule has 9 heteroatoms. The molecule has 0 aliphatic carbocycles. The van der Waals surface area contributed by atoms with Gasteiger partial charge in [0.2, 0.25) is 0 Å². The average Bonchev–Trinajstić information content (AvgIpc) is 3.42. The van der Waals surface area contributed by atoms with E-state index in [0.717, 1.165) is 5.69 Å². The molecule has 0 radical (unpaired) electrons. The van der Waals surface area contributed by atoms with Gasteiger partial charge in [-0.1, -0.05) is 6.07 Å². The van der Waals surface area contributed by atoms with Gasteiger partial charge in [-0.2, -0.15) is 0 Å². The molecule has 1 amide bonds. The highest BCUT2D eigenvalue weighted by atomic mass is 32.1. The fraction of sp³-hybridized carbons (Fsp3) is 0.130. The summed E-state index contributed by atoms with van der Waals surface area (Å²) in [6, 6.07) is 10.1. The first-order valence-electron chi connectivity index (χ1n) is 9.94. The van der Waals surface area contributed by atoms with Gasteiger partial charge in [-0.15, -0.1) is 11.3 Å². The van der Waals surface area contributed by atoms with Gasteiger partial charge in [0, 0.05) is 53.6 Å². The molecule has 0 spiro atoms. The lowest BCUT2D eigenvalue weighted by molar-refractivity contribution is 0.0792. The standard InChI is InChI=1S/C23H18FN5O2S/c1-29(7-5-14-4-2-3-6-25-14)23(31)15-8-13-9-18(26-17(13)10-16(15)24)21-22(30)28-20-12-32-11-19(20)27-21/h2-4,6,8-12,26H,5,7H2,1H3,(H,28,30). The third-order valence-electron chi connectivity index (χ3n) is 5.31. The zero-order valence-corrected chi connectivity index (χ0v) is 17.9. The van der Waals surface area contributed by atoms with E-state index in [9.17, 15) is 14.0 Å². The number of carbonyl (C=O) groups is 1. The fourth-order valence-electron chi connectivity index (χ4n) is 3.59. The molecule has 5 rings (SSSR count). The van der Waals surface area contributed by atoms with Crippen LogP contribution in [0.2, 0.25) is 0 Å². The maximum atomic E-state index is 14.8. The minimum Gasteiger partial charge on any atom is -0.353 e. The molecule has 0 saturated carbocycles. The average molecular weight is 447 g/mol. The Morgan fingerprint density at radius 3 is 2.84 bits per heavy atom. The topological polar surface area (TPSA) is 94.7 Å². The van der Waals surface area contributed by atoms with Crippen molar-refractivity contribution in [3.63, 3.8) is 0 Å². The molecule has 1 aromatic carbocycles. The van der Waals surface area contributed by atoms with Gasteiger partial charge >= 0.3 is 0 Å². The van der Waals surface area contributed by atoms with Crippen LogP contribution in [0.3, 0.4) is 0 Å². The number of rotatable bonds is 5. The van der Waals surface area contributed by atoms with Crippen molar-refractivity contribution in [2.75, 3.05) is 13.6 Å². The first kappa shape index (κ1) is 20.1. The lowest BCUT2D eigenvalue weighted by Crippen LogP contribution is -2.29. The molecule has 5 aromatic rings. The highest BCUT2D eigenvalue weighted by molar-refractivity contribution is 7.09. The predicted octanol–water partition coefficient (Wildman–Crippen LogP) is 3.98. The van der Waals surface area contributed by atoms with Crippen LogP contribution < -0.4 is 5.56 Å². The van der Waals surface area contributed by atoms with E-state index in [1.165, 1.54) is 28.4 Å². The quantitative estimate of drug-likeness (QED) is 0.426. The van der Waals surface area contributed by atoms with E-state index >= 15 is 0 Å². The summed E-state index contributed by atoms with van der Waals surface area (Å²) < 4.78 is 14.8. The number of carbonyl (C=O) groups excluding carboxylic acids is 1. The smallest absolute Gasteiger partial charge is 0.276 e. The van der Waals surface area contributed by atoms with Crippen molar-refractivity contribution in [2.45, 2.75) is 6.42 Å². The summed E-state index contributed by atoms with van der Waals surface area (Å²) in [6.07, 6.45) is 2.27. The number of nitrogens with one attached hydrogen (secondary N) is 2. The zero-order valence-electron chi connectivity index (χ0n) is 17.1. The molecule has 4 aromatic heterocycles. The van der Waals surface area contributed by atoms with E-state index in [0.29, 0.717) is 40.6 Å². The Hall–Kier alpha value is -3.85. The Morgan fingerprint density at radius 2 is 2.03 bits per heavy atom. The number of fused-ring (bicyclic) bond motifs is 2. The summed E-state index contributed by atoms with van der Waals surface area (Å²) in [6.45, 7) is 0.408. The van der Waals surface area contributed by atoms with Crippen LogP contribution in [-0.4, -0.2) is 44.3 Å². The number of halogens is 1. The Kier molecular flexibility index (Phi) is 5.02. The number of thiophene rings is 1. The minimum absolute atomic E-state index is 0.0262. The van der Waals surface area contributed by atoms with Gasteiger partial charge in [-0.05, 0) is 30.3 Å². The van der Waals surface area contributed by atoms with E-state index < -0.39 is 11.7 Å². The third kappa shape index (κ3) is 3.67. The van der Waals surface area contributed by atoms with Gasteiger partial charge < -0.3 is 14.9 Å². The monoisotopic (exact) mass is 447 g/mol. The molecule has 0 bridgehead atoms. The first-order valence-corrected chi connectivity index (χ1v) is 10.9. The summed E-state index contributed by atoms with van der Waals surface area (Å²) in [5, 5.41) is 4.28. The molecule has 4 heterocycles. The van der Waals surface area contributed by atoms with Crippen LogP contribution in [-0.2, 0) is 6.42 Å². The second-order valence-corrected chi connectivity index (χ2v) is 8.23. The van der Waals surface area contributed by atoms with Crippen molar-refractivity contribution in [2.24, 2.45) is 0 Å². The van der Waals surface area contributed by atoms with E-state index in [4.69, 9.17) is 0 Å². The van der Waals surface area contributed by atoms with Crippen LogP contribution in [0.5, 0.6) is 0 Å². The summed E-state index contributed by atoms with van der Waals surface area (Å²) in [5.74, 6) is -1.05. The SMILES string of the molecule is CN(CCc1ccccn1)C(=O)c1cc2cc(-c3nc4cscc4[nH]c3=O)[nH]c2cc1F. The van der Waals surface area contributed by atoms with Crippen LogP contribution in [0.25, 0.3) is 33.3 Å². The van der Waals surface area contributed by atoms with Gasteiger partial charge in [0.05, 0.1) is 22.3 Å². The van der Waals surface area contributed by atoms with Gasteiger partial charge in [-0.3, -0.25) is 14.6 Å². The van der Waals surface area contributed by atoms with Crippen molar-refractivity contribution >= 4 is 39.2 Å². The molecule has 160 valence electrons. The maximum absolute atomic E-state index is 14.8. The number of amides is 1. The molecule has 0 fully saturated rings. The molecule has 0 saturated heterocycles. The zero-order chi connectivity index (χ0) is 22.2. The summed E-state index contributed by atoms with van der Waals surface area (Å²) in [7, 11) is 1.64. The van der Waals surface area contributed by atoms with Crippen LogP contribution in [0.1, 0.15) is 16.1 Å². The molecule has 0 atom stereocenters. The fourth-order valence-corrected chi connectivity index (χ4v) is 4.28. The number of pyridine rings is 1. The van der Waals surface area contributed by atoms with Gasteiger partial charge in [0.1, 0.15) is 5.82 Å². The number of hydrogen-bond donors (Lipinski definition) is 2. The van der Waals surface area contributed by atoms with Crippen molar-refractivity contribution in [1.29, 1.82) is 0 Å². The summed E-state index contributed by atoms with van der Waals surface area (Å²) in [4.78, 5) is 41.3.